The van der Waals surface area contributed by atoms with Gasteiger partial charge in [0, 0.05) is 29.8 Å². The van der Waals surface area contributed by atoms with E-state index in [0.717, 1.165) is 51.9 Å². The minimum atomic E-state index is -0.916. The van der Waals surface area contributed by atoms with Gasteiger partial charge in [-0.2, -0.15) is 5.26 Å². The number of hydrogen-bond acceptors (Lipinski definition) is 6. The molecular weight excluding hydrogens is 586 g/mol. The highest BCUT2D eigenvalue weighted by atomic mass is 16.2. The smallest absolute Gasteiger partial charge is 0.248 e. The quantitative estimate of drug-likeness (QED) is 0.195. The van der Waals surface area contributed by atoms with Gasteiger partial charge >= 0.3 is 0 Å². The Hall–Kier alpha value is -4.94. The zero-order chi connectivity index (χ0) is 33.5. The van der Waals surface area contributed by atoms with E-state index in [1.807, 2.05) is 43.3 Å². The van der Waals surface area contributed by atoms with Crippen LogP contribution in [0.2, 0.25) is 0 Å². The fourth-order valence-electron chi connectivity index (χ4n) is 7.70. The number of rotatable bonds is 10. The first-order chi connectivity index (χ1) is 22.5. The molecule has 1 aliphatic heterocycles. The molecule has 6 rings (SSSR count). The summed E-state index contributed by atoms with van der Waals surface area (Å²) in [5, 5.41) is 13.1. The fourth-order valence-corrected chi connectivity index (χ4v) is 7.70. The van der Waals surface area contributed by atoms with Gasteiger partial charge in [-0.3, -0.25) is 9.59 Å². The molecule has 1 saturated carbocycles. The van der Waals surface area contributed by atoms with E-state index in [1.54, 1.807) is 11.0 Å². The van der Waals surface area contributed by atoms with Gasteiger partial charge in [-0.1, -0.05) is 48.5 Å². The van der Waals surface area contributed by atoms with E-state index < -0.39 is 11.3 Å². The lowest BCUT2D eigenvalue weighted by Crippen LogP contribution is -2.49. The Morgan fingerprint density at radius 1 is 1.04 bits per heavy atom. The molecule has 2 amide bonds. The highest BCUT2D eigenvalue weighted by Gasteiger charge is 2.54. The van der Waals surface area contributed by atoms with Gasteiger partial charge in [0.15, 0.2) is 0 Å². The van der Waals surface area contributed by atoms with Gasteiger partial charge in [-0.05, 0) is 104 Å². The second kappa shape index (κ2) is 12.7. The zero-order valence-corrected chi connectivity index (χ0v) is 27.1. The number of hydrogen-bond donors (Lipinski definition) is 4. The van der Waals surface area contributed by atoms with Gasteiger partial charge in [0.05, 0.1) is 23.7 Å². The van der Waals surface area contributed by atoms with Crippen molar-refractivity contribution >= 4 is 23.3 Å². The van der Waals surface area contributed by atoms with Crippen molar-refractivity contribution in [1.82, 2.24) is 10.2 Å². The van der Waals surface area contributed by atoms with Crippen molar-refractivity contribution in [2.24, 2.45) is 28.1 Å². The fraction of sp³-hybridized carbons (Fsp3) is 0.368. The number of allylic oxidation sites excluding steroid dienone is 1. The first-order valence-corrected chi connectivity index (χ1v) is 16.3. The van der Waals surface area contributed by atoms with Gasteiger partial charge in [0.1, 0.15) is 11.9 Å². The lowest BCUT2D eigenvalue weighted by molar-refractivity contribution is -0.131. The summed E-state index contributed by atoms with van der Waals surface area (Å²) in [6.07, 6.45) is 4.15. The maximum absolute atomic E-state index is 13.4. The van der Waals surface area contributed by atoms with Crippen LogP contribution in [-0.2, 0) is 29.5 Å². The summed E-state index contributed by atoms with van der Waals surface area (Å²) in [4.78, 5) is 32.5. The lowest BCUT2D eigenvalue weighted by atomic mass is 9.67. The van der Waals surface area contributed by atoms with Crippen LogP contribution in [0, 0.1) is 24.2 Å². The SMILES string of the molecule is C=C(N)Cc1ccc2c(c1)CCc1cc(C(N)=O)ccc1C2(C[C@@H](C)NCC(=O)N1C(C#N)C[C@@H]2C[C@@H]21)C(N)=Nc1ccc(C)cc1. The molecule has 2 aliphatic carbocycles. The topological polar surface area (TPSA) is 164 Å². The van der Waals surface area contributed by atoms with Crippen molar-refractivity contribution in [1.29, 1.82) is 5.26 Å². The number of piperidine rings is 1. The molecule has 3 aromatic rings. The van der Waals surface area contributed by atoms with Crippen molar-refractivity contribution in [2.45, 2.75) is 75.9 Å². The van der Waals surface area contributed by atoms with E-state index in [0.29, 0.717) is 48.7 Å². The minimum Gasteiger partial charge on any atom is -0.402 e. The number of amidine groups is 1. The summed E-state index contributed by atoms with van der Waals surface area (Å²) in [6.45, 7) is 8.10. The molecule has 0 radical (unpaired) electrons. The van der Waals surface area contributed by atoms with Gasteiger partial charge in [0.2, 0.25) is 11.8 Å². The van der Waals surface area contributed by atoms with Crippen molar-refractivity contribution in [3.8, 4) is 6.07 Å². The zero-order valence-electron chi connectivity index (χ0n) is 27.1. The van der Waals surface area contributed by atoms with Crippen LogP contribution in [0.4, 0.5) is 5.69 Å². The molecule has 9 nitrogen and oxygen atoms in total. The van der Waals surface area contributed by atoms with E-state index >= 15 is 0 Å². The molecule has 5 atom stereocenters. The number of amides is 2. The third-order valence-corrected chi connectivity index (χ3v) is 10.1. The van der Waals surface area contributed by atoms with Crippen LogP contribution in [0.3, 0.4) is 0 Å². The molecule has 3 aromatic carbocycles. The first-order valence-electron chi connectivity index (χ1n) is 16.3. The van der Waals surface area contributed by atoms with Gasteiger partial charge < -0.3 is 27.4 Å². The summed E-state index contributed by atoms with van der Waals surface area (Å²) >= 11 is 0. The molecule has 9 heteroatoms. The van der Waals surface area contributed by atoms with E-state index in [1.165, 1.54) is 0 Å². The number of nitrogens with zero attached hydrogens (tertiary/aromatic N) is 3. The second-order valence-electron chi connectivity index (χ2n) is 13.5. The summed E-state index contributed by atoms with van der Waals surface area (Å²) in [7, 11) is 0. The van der Waals surface area contributed by atoms with Gasteiger partial charge in [-0.25, -0.2) is 4.99 Å². The molecule has 3 aliphatic rings. The molecule has 0 bridgehead atoms. The van der Waals surface area contributed by atoms with E-state index in [9.17, 15) is 14.9 Å². The first kappa shape index (κ1) is 32.0. The third kappa shape index (κ3) is 6.26. The van der Waals surface area contributed by atoms with Gasteiger partial charge in [0.25, 0.3) is 0 Å². The number of likely N-dealkylation sites (tertiary alicyclic amines) is 1. The van der Waals surface area contributed by atoms with Crippen LogP contribution in [0.5, 0.6) is 0 Å². The number of aryl methyl sites for hydroxylation is 3. The third-order valence-electron chi connectivity index (χ3n) is 10.1. The monoisotopic (exact) mass is 629 g/mol. The highest BCUT2D eigenvalue weighted by molar-refractivity contribution is 5.99. The van der Waals surface area contributed by atoms with Crippen molar-refractivity contribution < 1.29 is 9.59 Å². The number of fused-ring (bicyclic) bond motifs is 3. The number of carbonyl (C=O) groups excluding carboxylic acids is 2. The largest absolute Gasteiger partial charge is 0.402 e. The second-order valence-corrected chi connectivity index (χ2v) is 13.5. The Bertz CT molecular complexity index is 1810. The number of carbonyl (C=O) groups is 2. The van der Waals surface area contributed by atoms with Gasteiger partial charge in [-0.15, -0.1) is 0 Å². The molecule has 1 saturated heterocycles. The van der Waals surface area contributed by atoms with E-state index in [2.05, 4.69) is 43.1 Å². The normalized spacial score (nSPS) is 23.5. The maximum atomic E-state index is 13.4. The molecule has 242 valence electrons. The Kier molecular flexibility index (Phi) is 8.64. The number of nitrogens with one attached hydrogen (secondary N) is 1. The summed E-state index contributed by atoms with van der Waals surface area (Å²) in [5.41, 5.74) is 26.0. The van der Waals surface area contributed by atoms with E-state index in [4.69, 9.17) is 22.2 Å². The van der Waals surface area contributed by atoms with Crippen LogP contribution in [0.25, 0.3) is 0 Å². The number of nitriles is 1. The Labute approximate surface area is 276 Å². The molecule has 0 aromatic heterocycles. The minimum absolute atomic E-state index is 0.0526. The predicted molar refractivity (Wildman–Crippen MR) is 184 cm³/mol. The molecule has 47 heavy (non-hydrogen) atoms. The highest BCUT2D eigenvalue weighted by Crippen LogP contribution is 2.48. The van der Waals surface area contributed by atoms with Crippen molar-refractivity contribution in [3.05, 3.63) is 112 Å². The van der Waals surface area contributed by atoms with Crippen LogP contribution in [-0.4, -0.2) is 47.2 Å². The Morgan fingerprint density at radius 3 is 2.38 bits per heavy atom. The molecular formula is C38H43N7O2. The molecule has 2 unspecified atom stereocenters. The molecule has 2 fully saturated rings. The average molecular weight is 630 g/mol. The van der Waals surface area contributed by atoms with Crippen molar-refractivity contribution in [2.75, 3.05) is 6.54 Å². The number of nitrogens with two attached hydrogens (primary N) is 3. The van der Waals surface area contributed by atoms with Crippen LogP contribution in [0.15, 0.2) is 77.9 Å². The Morgan fingerprint density at radius 2 is 1.72 bits per heavy atom. The molecule has 1 heterocycles. The number of aliphatic imine (C=N–C) groups is 1. The Balaban J connectivity index is 1.45. The summed E-state index contributed by atoms with van der Waals surface area (Å²) in [5.74, 6) is 0.323. The van der Waals surface area contributed by atoms with E-state index in [-0.39, 0.29) is 30.6 Å². The van der Waals surface area contributed by atoms with Crippen LogP contribution >= 0.6 is 0 Å². The number of benzene rings is 3. The summed E-state index contributed by atoms with van der Waals surface area (Å²) in [6, 6.07) is 21.8. The van der Waals surface area contributed by atoms with Crippen molar-refractivity contribution in [3.63, 3.8) is 0 Å². The van der Waals surface area contributed by atoms with Crippen LogP contribution in [0.1, 0.15) is 69.9 Å². The summed E-state index contributed by atoms with van der Waals surface area (Å²) < 4.78 is 0. The average Bonchev–Trinajstić information content (AvgIpc) is 3.73. The lowest BCUT2D eigenvalue weighted by Gasteiger charge is -2.38. The molecule has 7 N–H and O–H groups in total. The molecule has 0 spiro atoms. The van der Waals surface area contributed by atoms with Crippen LogP contribution < -0.4 is 22.5 Å². The standard InChI is InChI=1S/C38H43N7O2/c1-22-4-10-30(11-5-22)44-37(42)38(19-24(3)43-21-35(46)45-31(20-39)17-29-18-34(29)45)32-12-6-25(14-23(2)40)15-26(32)7-8-27-16-28(36(41)47)9-13-33(27)38/h4-6,9-13,15-16,24,29,31,34,43H,2,7-8,14,17-19,21,40H2,1,3H3,(H2,41,47)(H2,42,44)/t24-,29-,31?,34+,38?/m1/s1. The maximum Gasteiger partial charge on any atom is 0.248 e. The number of primary amides is 1. The predicted octanol–water partition coefficient (Wildman–Crippen LogP) is 4.06.